The van der Waals surface area contributed by atoms with Gasteiger partial charge in [-0.15, -0.1) is 0 Å². The van der Waals surface area contributed by atoms with E-state index in [2.05, 4.69) is 36.1 Å². The van der Waals surface area contributed by atoms with Crippen molar-refractivity contribution in [3.63, 3.8) is 0 Å². The SMILES string of the molecule is CCn1nc(C)c(Cl)c1CN1CCCC1CNC(C)C. The Balaban J connectivity index is 2.05. The molecule has 0 aromatic carbocycles. The van der Waals surface area contributed by atoms with Crippen molar-refractivity contribution >= 4 is 11.6 Å². The normalized spacial score (nSPS) is 20.2. The second-order valence-corrected chi connectivity index (χ2v) is 6.37. The lowest BCUT2D eigenvalue weighted by Crippen LogP contribution is -2.40. The first-order valence-electron chi connectivity index (χ1n) is 7.72. The molecule has 1 N–H and O–H groups in total. The van der Waals surface area contributed by atoms with Gasteiger partial charge < -0.3 is 5.32 Å². The van der Waals surface area contributed by atoms with Gasteiger partial charge in [0.15, 0.2) is 0 Å². The van der Waals surface area contributed by atoms with Gasteiger partial charge >= 0.3 is 0 Å². The lowest BCUT2D eigenvalue weighted by Gasteiger charge is -2.26. The molecule has 2 rings (SSSR count). The molecule has 20 heavy (non-hydrogen) atoms. The molecule has 114 valence electrons. The molecule has 0 bridgehead atoms. The number of aromatic nitrogens is 2. The highest BCUT2D eigenvalue weighted by atomic mass is 35.5. The van der Waals surface area contributed by atoms with Gasteiger partial charge in [-0.3, -0.25) is 9.58 Å². The molecule has 2 heterocycles. The van der Waals surface area contributed by atoms with E-state index in [-0.39, 0.29) is 0 Å². The van der Waals surface area contributed by atoms with Crippen molar-refractivity contribution in [3.8, 4) is 0 Å². The zero-order valence-corrected chi connectivity index (χ0v) is 13.9. The maximum Gasteiger partial charge on any atom is 0.0860 e. The van der Waals surface area contributed by atoms with Crippen LogP contribution in [0.3, 0.4) is 0 Å². The molecule has 1 atom stereocenters. The van der Waals surface area contributed by atoms with Crippen molar-refractivity contribution in [1.29, 1.82) is 0 Å². The van der Waals surface area contributed by atoms with Crippen molar-refractivity contribution in [2.75, 3.05) is 13.1 Å². The lowest BCUT2D eigenvalue weighted by molar-refractivity contribution is 0.229. The molecule has 1 saturated heterocycles. The molecular weight excluding hydrogens is 272 g/mol. The van der Waals surface area contributed by atoms with Crippen LogP contribution in [-0.4, -0.2) is 39.9 Å². The minimum atomic E-state index is 0.546. The van der Waals surface area contributed by atoms with Crippen LogP contribution in [0.2, 0.25) is 5.02 Å². The Bertz CT molecular complexity index is 441. The highest BCUT2D eigenvalue weighted by Crippen LogP contribution is 2.25. The summed E-state index contributed by atoms with van der Waals surface area (Å²) in [5.74, 6) is 0. The Morgan fingerprint density at radius 3 is 2.85 bits per heavy atom. The molecule has 1 fully saturated rings. The number of rotatable bonds is 6. The zero-order valence-electron chi connectivity index (χ0n) is 13.1. The number of nitrogens with one attached hydrogen (secondary N) is 1. The summed E-state index contributed by atoms with van der Waals surface area (Å²) in [5.41, 5.74) is 2.11. The van der Waals surface area contributed by atoms with Crippen molar-refractivity contribution in [1.82, 2.24) is 20.0 Å². The summed E-state index contributed by atoms with van der Waals surface area (Å²) in [6.45, 7) is 12.5. The quantitative estimate of drug-likeness (QED) is 0.877. The molecule has 1 aliphatic heterocycles. The van der Waals surface area contributed by atoms with E-state index in [0.717, 1.165) is 36.9 Å². The largest absolute Gasteiger partial charge is 0.313 e. The van der Waals surface area contributed by atoms with E-state index in [0.29, 0.717) is 12.1 Å². The van der Waals surface area contributed by atoms with Crippen LogP contribution in [0.15, 0.2) is 0 Å². The molecule has 1 aromatic heterocycles. The summed E-state index contributed by atoms with van der Waals surface area (Å²) < 4.78 is 2.04. The first-order chi connectivity index (χ1) is 9.52. The number of aryl methyl sites for hydroxylation is 2. The average Bonchev–Trinajstić information content (AvgIpc) is 2.96. The molecule has 0 radical (unpaired) electrons. The fourth-order valence-corrected chi connectivity index (χ4v) is 3.11. The minimum absolute atomic E-state index is 0.546. The highest BCUT2D eigenvalue weighted by molar-refractivity contribution is 6.31. The number of likely N-dealkylation sites (tertiary alicyclic amines) is 1. The third-order valence-electron chi connectivity index (χ3n) is 4.07. The van der Waals surface area contributed by atoms with E-state index in [1.807, 2.05) is 11.6 Å². The second-order valence-electron chi connectivity index (χ2n) is 5.99. The van der Waals surface area contributed by atoms with Crippen LogP contribution in [-0.2, 0) is 13.1 Å². The molecule has 1 unspecified atom stereocenters. The predicted molar refractivity (Wildman–Crippen MR) is 84.2 cm³/mol. The van der Waals surface area contributed by atoms with Gasteiger partial charge in [0.25, 0.3) is 0 Å². The number of halogens is 1. The molecule has 0 amide bonds. The van der Waals surface area contributed by atoms with Crippen LogP contribution in [0.1, 0.15) is 45.0 Å². The summed E-state index contributed by atoms with van der Waals surface area (Å²) in [4.78, 5) is 2.55. The van der Waals surface area contributed by atoms with Crippen LogP contribution in [0.25, 0.3) is 0 Å². The van der Waals surface area contributed by atoms with E-state index >= 15 is 0 Å². The van der Waals surface area contributed by atoms with Gasteiger partial charge in [0.1, 0.15) is 0 Å². The van der Waals surface area contributed by atoms with Gasteiger partial charge in [0, 0.05) is 31.7 Å². The molecule has 1 aromatic rings. The summed E-state index contributed by atoms with van der Waals surface area (Å²) in [5, 5.41) is 8.91. The Labute approximate surface area is 127 Å². The van der Waals surface area contributed by atoms with Gasteiger partial charge in [-0.2, -0.15) is 5.10 Å². The fourth-order valence-electron chi connectivity index (χ4n) is 2.92. The molecule has 4 nitrogen and oxygen atoms in total. The zero-order chi connectivity index (χ0) is 14.7. The third-order valence-corrected chi connectivity index (χ3v) is 4.56. The fraction of sp³-hybridized carbons (Fsp3) is 0.800. The van der Waals surface area contributed by atoms with Gasteiger partial charge in [-0.1, -0.05) is 25.4 Å². The van der Waals surface area contributed by atoms with E-state index < -0.39 is 0 Å². The van der Waals surface area contributed by atoms with Crippen molar-refractivity contribution < 1.29 is 0 Å². The van der Waals surface area contributed by atoms with Gasteiger partial charge in [-0.05, 0) is 33.2 Å². The van der Waals surface area contributed by atoms with Crippen molar-refractivity contribution in [2.24, 2.45) is 0 Å². The summed E-state index contributed by atoms with van der Waals surface area (Å²) >= 11 is 6.42. The molecule has 5 heteroatoms. The summed E-state index contributed by atoms with van der Waals surface area (Å²) in [7, 11) is 0. The first kappa shape index (κ1) is 15.8. The van der Waals surface area contributed by atoms with Crippen LogP contribution in [0, 0.1) is 6.92 Å². The van der Waals surface area contributed by atoms with Crippen LogP contribution >= 0.6 is 11.6 Å². The van der Waals surface area contributed by atoms with E-state index in [1.54, 1.807) is 0 Å². The van der Waals surface area contributed by atoms with Gasteiger partial charge in [0.05, 0.1) is 16.4 Å². The van der Waals surface area contributed by atoms with Crippen LogP contribution < -0.4 is 5.32 Å². The maximum atomic E-state index is 6.42. The first-order valence-corrected chi connectivity index (χ1v) is 8.10. The number of nitrogens with zero attached hydrogens (tertiary/aromatic N) is 3. The van der Waals surface area contributed by atoms with Gasteiger partial charge in [0.2, 0.25) is 0 Å². The molecular formula is C15H27ClN4. The van der Waals surface area contributed by atoms with Crippen molar-refractivity contribution in [3.05, 3.63) is 16.4 Å². The molecule has 0 aliphatic carbocycles. The summed E-state index contributed by atoms with van der Waals surface area (Å²) in [6.07, 6.45) is 2.55. The second kappa shape index (κ2) is 6.92. The summed E-state index contributed by atoms with van der Waals surface area (Å²) in [6, 6.07) is 1.17. The maximum absolute atomic E-state index is 6.42. The van der Waals surface area contributed by atoms with E-state index in [1.165, 1.54) is 18.5 Å². The number of hydrogen-bond acceptors (Lipinski definition) is 3. The van der Waals surface area contributed by atoms with E-state index in [4.69, 9.17) is 11.6 Å². The Morgan fingerprint density at radius 2 is 2.20 bits per heavy atom. The Hall–Kier alpha value is -0.580. The lowest BCUT2D eigenvalue weighted by atomic mass is 10.2. The number of hydrogen-bond donors (Lipinski definition) is 1. The van der Waals surface area contributed by atoms with Gasteiger partial charge in [-0.25, -0.2) is 0 Å². The average molecular weight is 299 g/mol. The monoisotopic (exact) mass is 298 g/mol. The third kappa shape index (κ3) is 3.54. The Kier molecular flexibility index (Phi) is 5.47. The van der Waals surface area contributed by atoms with Crippen molar-refractivity contribution in [2.45, 2.75) is 65.7 Å². The van der Waals surface area contributed by atoms with Crippen LogP contribution in [0.5, 0.6) is 0 Å². The Morgan fingerprint density at radius 1 is 1.45 bits per heavy atom. The topological polar surface area (TPSA) is 33.1 Å². The van der Waals surface area contributed by atoms with Crippen LogP contribution in [0.4, 0.5) is 0 Å². The smallest absolute Gasteiger partial charge is 0.0860 e. The standard InChI is InChI=1S/C15H27ClN4/c1-5-20-14(15(16)12(4)18-20)10-19-8-6-7-13(19)9-17-11(2)3/h11,13,17H,5-10H2,1-4H3. The predicted octanol–water partition coefficient (Wildman–Crippen LogP) is 2.83. The molecule has 0 spiro atoms. The molecule has 1 aliphatic rings. The highest BCUT2D eigenvalue weighted by Gasteiger charge is 2.26. The molecule has 0 saturated carbocycles. The minimum Gasteiger partial charge on any atom is -0.313 e. The van der Waals surface area contributed by atoms with E-state index in [9.17, 15) is 0 Å².